The number of hydrogen-bond acceptors (Lipinski definition) is 4. The van der Waals surface area contributed by atoms with Gasteiger partial charge in [0.1, 0.15) is 0 Å². The van der Waals surface area contributed by atoms with E-state index in [2.05, 4.69) is 21.4 Å². The summed E-state index contributed by atoms with van der Waals surface area (Å²) in [6.07, 6.45) is 6.72. The average molecular weight is 297 g/mol. The second-order valence-corrected chi connectivity index (χ2v) is 5.16. The number of aromatic carboxylic acids is 1. The third-order valence-electron chi connectivity index (χ3n) is 3.76. The van der Waals surface area contributed by atoms with Crippen molar-refractivity contribution in [2.75, 3.05) is 5.32 Å². The third kappa shape index (κ3) is 2.67. The van der Waals surface area contributed by atoms with Crippen molar-refractivity contribution in [2.24, 2.45) is 0 Å². The second-order valence-electron chi connectivity index (χ2n) is 5.16. The molecule has 0 spiro atoms. The van der Waals surface area contributed by atoms with Crippen LogP contribution in [0.5, 0.6) is 0 Å². The van der Waals surface area contributed by atoms with Crippen LogP contribution in [-0.4, -0.2) is 27.0 Å². The molecule has 1 aliphatic carbocycles. The molecule has 22 heavy (non-hydrogen) atoms. The Kier molecular flexibility index (Phi) is 3.82. The van der Waals surface area contributed by atoms with Gasteiger partial charge in [-0.2, -0.15) is 0 Å². The molecule has 0 aliphatic heterocycles. The minimum absolute atomic E-state index is 0.177. The fraction of sp³-hybridized carbons (Fsp3) is 0.250. The molecule has 2 aromatic rings. The van der Waals surface area contributed by atoms with Crippen molar-refractivity contribution in [3.8, 4) is 0 Å². The largest absolute Gasteiger partial charge is 0.476 e. The van der Waals surface area contributed by atoms with Crippen molar-refractivity contribution in [1.29, 1.82) is 0 Å². The molecule has 0 fully saturated rings. The van der Waals surface area contributed by atoms with Gasteiger partial charge in [0.25, 0.3) is 5.91 Å². The smallest absolute Gasteiger partial charge is 0.356 e. The van der Waals surface area contributed by atoms with Crippen LogP contribution in [0, 0.1) is 0 Å². The monoisotopic (exact) mass is 297 g/mol. The quantitative estimate of drug-likeness (QED) is 0.907. The van der Waals surface area contributed by atoms with Gasteiger partial charge in [0.15, 0.2) is 11.4 Å². The van der Waals surface area contributed by atoms with Crippen LogP contribution in [0.3, 0.4) is 0 Å². The van der Waals surface area contributed by atoms with Gasteiger partial charge in [-0.3, -0.25) is 4.79 Å². The van der Waals surface area contributed by atoms with Gasteiger partial charge >= 0.3 is 5.97 Å². The van der Waals surface area contributed by atoms with Crippen LogP contribution in [0.4, 0.5) is 5.69 Å². The molecule has 0 unspecified atom stereocenters. The first kappa shape index (κ1) is 14.2. The lowest BCUT2D eigenvalue weighted by molar-refractivity contribution is 0.0685. The lowest BCUT2D eigenvalue weighted by Gasteiger charge is -2.19. The maximum absolute atomic E-state index is 12.3. The van der Waals surface area contributed by atoms with E-state index in [-0.39, 0.29) is 11.4 Å². The van der Waals surface area contributed by atoms with Crippen molar-refractivity contribution in [2.45, 2.75) is 25.7 Å². The lowest BCUT2D eigenvalue weighted by atomic mass is 9.90. The van der Waals surface area contributed by atoms with Crippen molar-refractivity contribution >= 4 is 17.6 Å². The molecule has 112 valence electrons. The molecule has 0 saturated carbocycles. The van der Waals surface area contributed by atoms with E-state index in [0.717, 1.165) is 36.9 Å². The first-order valence-electron chi connectivity index (χ1n) is 7.13. The van der Waals surface area contributed by atoms with E-state index in [1.165, 1.54) is 18.0 Å². The normalized spacial score (nSPS) is 13.3. The molecule has 1 aliphatic rings. The topological polar surface area (TPSA) is 92.2 Å². The van der Waals surface area contributed by atoms with E-state index >= 15 is 0 Å². The number of carboxylic acid groups (broad SMARTS) is 1. The molecular weight excluding hydrogens is 282 g/mol. The average Bonchev–Trinajstić information content (AvgIpc) is 2.55. The molecule has 1 aromatic carbocycles. The predicted octanol–water partition coefficient (Wildman–Crippen LogP) is 2.31. The Bertz CT molecular complexity index is 743. The summed E-state index contributed by atoms with van der Waals surface area (Å²) in [5.74, 6) is -1.82. The van der Waals surface area contributed by atoms with Crippen LogP contribution in [0.2, 0.25) is 0 Å². The van der Waals surface area contributed by atoms with Crippen LogP contribution in [0.1, 0.15) is 44.9 Å². The molecule has 0 saturated heterocycles. The zero-order valence-electron chi connectivity index (χ0n) is 11.9. The molecular formula is C16H15N3O3. The van der Waals surface area contributed by atoms with E-state index in [1.54, 1.807) is 0 Å². The van der Waals surface area contributed by atoms with Crippen LogP contribution in [-0.2, 0) is 12.8 Å². The minimum Gasteiger partial charge on any atom is -0.476 e. The summed E-state index contributed by atoms with van der Waals surface area (Å²) in [6.45, 7) is 0. The molecule has 0 bridgehead atoms. The second kappa shape index (κ2) is 5.93. The van der Waals surface area contributed by atoms with E-state index in [9.17, 15) is 9.59 Å². The number of carbonyl (C=O) groups excluding carboxylic acids is 1. The molecule has 0 atom stereocenters. The van der Waals surface area contributed by atoms with Gasteiger partial charge in [-0.05, 0) is 42.9 Å². The number of amides is 1. The zero-order chi connectivity index (χ0) is 15.5. The van der Waals surface area contributed by atoms with E-state index in [0.29, 0.717) is 0 Å². The molecule has 3 rings (SSSR count). The van der Waals surface area contributed by atoms with Gasteiger partial charge < -0.3 is 10.4 Å². The van der Waals surface area contributed by atoms with Gasteiger partial charge in [0, 0.05) is 18.1 Å². The fourth-order valence-corrected chi connectivity index (χ4v) is 2.74. The molecule has 1 aromatic heterocycles. The van der Waals surface area contributed by atoms with Crippen molar-refractivity contribution in [3.63, 3.8) is 0 Å². The minimum atomic E-state index is -1.27. The molecule has 1 heterocycles. The third-order valence-corrected chi connectivity index (χ3v) is 3.76. The predicted molar refractivity (Wildman–Crippen MR) is 80.0 cm³/mol. The number of nitrogens with zero attached hydrogens (tertiary/aromatic N) is 2. The number of hydrogen-bond donors (Lipinski definition) is 2. The van der Waals surface area contributed by atoms with Crippen LogP contribution in [0.25, 0.3) is 0 Å². The highest BCUT2D eigenvalue weighted by molar-refractivity contribution is 6.08. The number of carbonyl (C=O) groups is 2. The van der Waals surface area contributed by atoms with Gasteiger partial charge in [-0.1, -0.05) is 12.1 Å². The maximum Gasteiger partial charge on any atom is 0.356 e. The Labute approximate surface area is 127 Å². The highest BCUT2D eigenvalue weighted by Gasteiger charge is 2.21. The number of nitrogens with one attached hydrogen (secondary N) is 1. The van der Waals surface area contributed by atoms with E-state index < -0.39 is 11.9 Å². The van der Waals surface area contributed by atoms with Gasteiger partial charge in [-0.15, -0.1) is 0 Å². The molecule has 2 N–H and O–H groups in total. The van der Waals surface area contributed by atoms with Crippen molar-refractivity contribution in [1.82, 2.24) is 9.97 Å². The van der Waals surface area contributed by atoms with Crippen LogP contribution >= 0.6 is 0 Å². The number of aryl methyl sites for hydroxylation is 1. The fourth-order valence-electron chi connectivity index (χ4n) is 2.74. The van der Waals surface area contributed by atoms with Crippen LogP contribution in [0.15, 0.2) is 30.6 Å². The summed E-state index contributed by atoms with van der Waals surface area (Å²) in [5, 5.41) is 11.9. The first-order valence-corrected chi connectivity index (χ1v) is 7.13. The Balaban J connectivity index is 1.91. The van der Waals surface area contributed by atoms with E-state index in [1.807, 2.05) is 12.1 Å². The summed E-state index contributed by atoms with van der Waals surface area (Å²) >= 11 is 0. The highest BCUT2D eigenvalue weighted by atomic mass is 16.4. The van der Waals surface area contributed by atoms with Gasteiger partial charge in [-0.25, -0.2) is 14.8 Å². The van der Waals surface area contributed by atoms with Crippen molar-refractivity contribution in [3.05, 3.63) is 53.1 Å². The number of fused-ring (bicyclic) bond motifs is 1. The summed E-state index contributed by atoms with van der Waals surface area (Å²) in [6, 6.07) is 5.79. The van der Waals surface area contributed by atoms with Crippen LogP contribution < -0.4 is 5.32 Å². The summed E-state index contributed by atoms with van der Waals surface area (Å²) in [7, 11) is 0. The van der Waals surface area contributed by atoms with Gasteiger partial charge in [0.2, 0.25) is 0 Å². The summed E-state index contributed by atoms with van der Waals surface area (Å²) in [5.41, 5.74) is 2.57. The molecule has 1 amide bonds. The number of aromatic nitrogens is 2. The Morgan fingerprint density at radius 3 is 2.55 bits per heavy atom. The number of carboxylic acids is 1. The molecule has 0 radical (unpaired) electrons. The Hall–Kier alpha value is -2.76. The lowest BCUT2D eigenvalue weighted by Crippen LogP contribution is -2.20. The number of anilines is 1. The Morgan fingerprint density at radius 2 is 1.77 bits per heavy atom. The number of benzene rings is 1. The molecule has 6 nitrogen and oxygen atoms in total. The summed E-state index contributed by atoms with van der Waals surface area (Å²) in [4.78, 5) is 31.0. The highest BCUT2D eigenvalue weighted by Crippen LogP contribution is 2.28. The van der Waals surface area contributed by atoms with Crippen molar-refractivity contribution < 1.29 is 14.7 Å². The summed E-state index contributed by atoms with van der Waals surface area (Å²) < 4.78 is 0. The standard InChI is InChI=1S/C16H15N3O3/c20-15(13-14(16(21)22)18-9-8-17-13)19-12-7-3-5-10-4-1-2-6-11(10)12/h3,5,7-9H,1-2,4,6H2,(H,19,20)(H,21,22). The number of rotatable bonds is 3. The zero-order valence-corrected chi connectivity index (χ0v) is 11.9. The maximum atomic E-state index is 12.3. The first-order chi connectivity index (χ1) is 10.7. The SMILES string of the molecule is O=C(O)c1nccnc1C(=O)Nc1cccc2c1CCCC2. The van der Waals surface area contributed by atoms with Gasteiger partial charge in [0.05, 0.1) is 0 Å². The Morgan fingerprint density at radius 1 is 1.05 bits per heavy atom. The molecule has 6 heteroatoms. The van der Waals surface area contributed by atoms with E-state index in [4.69, 9.17) is 5.11 Å².